The molecule has 6 nitrogen and oxygen atoms in total. The summed E-state index contributed by atoms with van der Waals surface area (Å²) < 4.78 is 5.45. The Morgan fingerprint density at radius 1 is 1.14 bits per heavy atom. The average molecular weight is 377 g/mol. The fraction of sp³-hybridized carbons (Fsp3) is 0.273. The number of ether oxygens (including phenoxy) is 1. The Morgan fingerprint density at radius 2 is 1.89 bits per heavy atom. The second-order valence-corrected chi connectivity index (χ2v) is 6.74. The van der Waals surface area contributed by atoms with Gasteiger partial charge in [0.1, 0.15) is 17.1 Å². The normalized spacial score (nSPS) is 15.8. The number of hydrogen-bond acceptors (Lipinski definition) is 4. The van der Waals surface area contributed by atoms with Gasteiger partial charge in [-0.2, -0.15) is 5.10 Å². The predicted molar refractivity (Wildman–Crippen MR) is 106 cm³/mol. The van der Waals surface area contributed by atoms with Gasteiger partial charge in [0.2, 0.25) is 0 Å². The van der Waals surface area contributed by atoms with Gasteiger partial charge in [-0.05, 0) is 31.0 Å². The monoisotopic (exact) mass is 377 g/mol. The van der Waals surface area contributed by atoms with Crippen molar-refractivity contribution < 1.29 is 14.6 Å². The molecule has 0 aliphatic carbocycles. The summed E-state index contributed by atoms with van der Waals surface area (Å²) >= 11 is 0. The SMILES string of the molecule is CCOCCCN1C(=O)c2[nH]nc(-c3ccccc3O)c2C1c1ccccc1. The second-order valence-electron chi connectivity index (χ2n) is 6.74. The highest BCUT2D eigenvalue weighted by Crippen LogP contribution is 2.44. The van der Waals surface area contributed by atoms with Crippen molar-refractivity contribution in [2.75, 3.05) is 19.8 Å². The maximum atomic E-state index is 13.1. The van der Waals surface area contributed by atoms with Crippen LogP contribution in [0.3, 0.4) is 0 Å². The number of aromatic nitrogens is 2. The first-order valence-electron chi connectivity index (χ1n) is 9.52. The molecule has 1 amide bonds. The molecule has 2 heterocycles. The topological polar surface area (TPSA) is 78.5 Å². The number of nitrogens with zero attached hydrogens (tertiary/aromatic N) is 2. The van der Waals surface area contributed by atoms with Crippen LogP contribution < -0.4 is 0 Å². The zero-order chi connectivity index (χ0) is 19.5. The minimum absolute atomic E-state index is 0.0745. The van der Waals surface area contributed by atoms with Crippen LogP contribution in [0.25, 0.3) is 11.3 Å². The van der Waals surface area contributed by atoms with Gasteiger partial charge in [0.25, 0.3) is 5.91 Å². The van der Waals surface area contributed by atoms with E-state index in [-0.39, 0.29) is 17.7 Å². The van der Waals surface area contributed by atoms with Crippen LogP contribution in [-0.4, -0.2) is 45.9 Å². The van der Waals surface area contributed by atoms with Crippen molar-refractivity contribution in [1.82, 2.24) is 15.1 Å². The van der Waals surface area contributed by atoms with Crippen LogP contribution in [0.5, 0.6) is 5.75 Å². The van der Waals surface area contributed by atoms with E-state index >= 15 is 0 Å². The fourth-order valence-electron chi connectivity index (χ4n) is 3.77. The van der Waals surface area contributed by atoms with Crippen LogP contribution in [0.4, 0.5) is 0 Å². The van der Waals surface area contributed by atoms with E-state index in [1.54, 1.807) is 12.1 Å². The highest BCUT2D eigenvalue weighted by Gasteiger charge is 2.42. The van der Waals surface area contributed by atoms with Crippen molar-refractivity contribution in [3.8, 4) is 17.0 Å². The highest BCUT2D eigenvalue weighted by molar-refractivity contribution is 6.00. The maximum Gasteiger partial charge on any atom is 0.273 e. The van der Waals surface area contributed by atoms with Crippen LogP contribution in [0, 0.1) is 0 Å². The van der Waals surface area contributed by atoms with E-state index < -0.39 is 0 Å². The predicted octanol–water partition coefficient (Wildman–Crippen LogP) is 3.75. The van der Waals surface area contributed by atoms with Crippen LogP contribution in [0.1, 0.15) is 41.0 Å². The molecule has 1 aromatic heterocycles. The van der Waals surface area contributed by atoms with Gasteiger partial charge >= 0.3 is 0 Å². The third-order valence-corrected chi connectivity index (χ3v) is 5.03. The molecular weight excluding hydrogens is 354 g/mol. The lowest BCUT2D eigenvalue weighted by Crippen LogP contribution is -2.31. The number of amides is 1. The Kier molecular flexibility index (Phi) is 5.12. The molecule has 0 bridgehead atoms. The number of para-hydroxylation sites is 1. The van der Waals surface area contributed by atoms with E-state index in [9.17, 15) is 9.90 Å². The zero-order valence-electron chi connectivity index (χ0n) is 15.8. The van der Waals surface area contributed by atoms with Crippen LogP contribution in [0.2, 0.25) is 0 Å². The number of H-pyrrole nitrogens is 1. The molecule has 0 saturated heterocycles. The van der Waals surface area contributed by atoms with E-state index in [0.717, 1.165) is 17.5 Å². The van der Waals surface area contributed by atoms with E-state index in [1.165, 1.54) is 0 Å². The van der Waals surface area contributed by atoms with Crippen molar-refractivity contribution in [2.24, 2.45) is 0 Å². The number of hydrogen-bond donors (Lipinski definition) is 2. The molecule has 0 radical (unpaired) electrons. The van der Waals surface area contributed by atoms with Gasteiger partial charge in [-0.15, -0.1) is 0 Å². The Bertz CT molecular complexity index is 968. The van der Waals surface area contributed by atoms with Crippen molar-refractivity contribution >= 4 is 5.91 Å². The molecule has 1 aliphatic heterocycles. The van der Waals surface area contributed by atoms with Crippen LogP contribution in [0.15, 0.2) is 54.6 Å². The first kappa shape index (κ1) is 18.3. The largest absolute Gasteiger partial charge is 0.507 e. The van der Waals surface area contributed by atoms with Gasteiger partial charge in [0.05, 0.1) is 6.04 Å². The molecule has 2 N–H and O–H groups in total. The van der Waals surface area contributed by atoms with E-state index in [0.29, 0.717) is 36.7 Å². The first-order chi connectivity index (χ1) is 13.7. The Labute approximate surface area is 163 Å². The van der Waals surface area contributed by atoms with Crippen molar-refractivity contribution in [2.45, 2.75) is 19.4 Å². The number of nitrogens with one attached hydrogen (secondary N) is 1. The van der Waals surface area contributed by atoms with Crippen LogP contribution >= 0.6 is 0 Å². The molecule has 1 unspecified atom stereocenters. The Balaban J connectivity index is 1.77. The van der Waals surface area contributed by atoms with Gasteiger partial charge < -0.3 is 14.7 Å². The van der Waals surface area contributed by atoms with Gasteiger partial charge in [-0.1, -0.05) is 42.5 Å². The lowest BCUT2D eigenvalue weighted by molar-refractivity contribution is 0.0710. The molecule has 4 rings (SSSR count). The molecule has 1 atom stereocenters. The van der Waals surface area contributed by atoms with Gasteiger partial charge in [-0.25, -0.2) is 0 Å². The number of aromatic hydroxyl groups is 1. The summed E-state index contributed by atoms with van der Waals surface area (Å²) in [6.07, 6.45) is 0.756. The summed E-state index contributed by atoms with van der Waals surface area (Å²) in [5, 5.41) is 17.6. The minimum atomic E-state index is -0.251. The van der Waals surface area contributed by atoms with E-state index in [2.05, 4.69) is 10.2 Å². The molecule has 0 saturated carbocycles. The summed E-state index contributed by atoms with van der Waals surface area (Å²) in [6.45, 7) is 3.82. The van der Waals surface area contributed by atoms with Crippen molar-refractivity contribution in [3.63, 3.8) is 0 Å². The summed E-state index contributed by atoms with van der Waals surface area (Å²) in [5.41, 5.74) is 3.55. The van der Waals surface area contributed by atoms with E-state index in [4.69, 9.17) is 4.74 Å². The summed E-state index contributed by atoms with van der Waals surface area (Å²) in [5.74, 6) is 0.0698. The molecule has 0 fully saturated rings. The zero-order valence-corrected chi connectivity index (χ0v) is 15.8. The Hall–Kier alpha value is -3.12. The molecule has 3 aromatic rings. The number of phenols is 1. The number of rotatable bonds is 7. The van der Waals surface area contributed by atoms with Gasteiger partial charge in [-0.3, -0.25) is 9.89 Å². The smallest absolute Gasteiger partial charge is 0.273 e. The quantitative estimate of drug-likeness (QED) is 0.615. The summed E-state index contributed by atoms with van der Waals surface area (Å²) in [7, 11) is 0. The number of benzene rings is 2. The molecular formula is C22H23N3O3. The molecule has 28 heavy (non-hydrogen) atoms. The third kappa shape index (κ3) is 3.16. The Morgan fingerprint density at radius 3 is 2.64 bits per heavy atom. The lowest BCUT2D eigenvalue weighted by atomic mass is 9.96. The number of phenolic OH excluding ortho intramolecular Hbond substituents is 1. The number of carbonyl (C=O) groups is 1. The maximum absolute atomic E-state index is 13.1. The lowest BCUT2D eigenvalue weighted by Gasteiger charge is -2.26. The minimum Gasteiger partial charge on any atom is -0.507 e. The van der Waals surface area contributed by atoms with Gasteiger partial charge in [0.15, 0.2) is 0 Å². The summed E-state index contributed by atoms with van der Waals surface area (Å²) in [4.78, 5) is 15.0. The molecule has 1 aliphatic rings. The average Bonchev–Trinajstić information content (AvgIpc) is 3.26. The standard InChI is InChI=1S/C22H23N3O3/c1-2-28-14-8-13-25-21(15-9-4-3-5-10-15)18-19(23-24-20(18)22(25)27)16-11-6-7-12-17(16)26/h3-7,9-12,21,26H,2,8,13-14H2,1H3,(H,23,24). The fourth-order valence-corrected chi connectivity index (χ4v) is 3.77. The first-order valence-corrected chi connectivity index (χ1v) is 9.52. The highest BCUT2D eigenvalue weighted by atomic mass is 16.5. The molecule has 6 heteroatoms. The summed E-state index contributed by atoms with van der Waals surface area (Å²) in [6, 6.07) is 16.7. The number of fused-ring (bicyclic) bond motifs is 1. The van der Waals surface area contributed by atoms with Crippen LogP contribution in [-0.2, 0) is 4.74 Å². The molecule has 0 spiro atoms. The number of carbonyl (C=O) groups excluding carboxylic acids is 1. The van der Waals surface area contributed by atoms with E-state index in [1.807, 2.05) is 54.3 Å². The third-order valence-electron chi connectivity index (χ3n) is 5.03. The van der Waals surface area contributed by atoms with Crippen molar-refractivity contribution in [3.05, 3.63) is 71.4 Å². The second kappa shape index (κ2) is 7.86. The van der Waals surface area contributed by atoms with Gasteiger partial charge in [0, 0.05) is 30.9 Å². The number of aromatic amines is 1. The molecule has 144 valence electrons. The molecule has 2 aromatic carbocycles. The van der Waals surface area contributed by atoms with Crippen molar-refractivity contribution in [1.29, 1.82) is 0 Å².